The molecule has 2 aromatic carbocycles. The van der Waals surface area contributed by atoms with Crippen LogP contribution in [-0.4, -0.2) is 128 Å². The van der Waals surface area contributed by atoms with Crippen molar-refractivity contribution in [2.45, 2.75) is 78.3 Å². The van der Waals surface area contributed by atoms with Crippen molar-refractivity contribution in [1.29, 1.82) is 0 Å². The fourth-order valence-electron chi connectivity index (χ4n) is 7.58. The number of carbonyl (C=O) groups is 4. The highest BCUT2D eigenvalue weighted by Crippen LogP contribution is 2.35. The van der Waals surface area contributed by atoms with E-state index in [1.54, 1.807) is 17.0 Å². The van der Waals surface area contributed by atoms with Gasteiger partial charge in [0.2, 0.25) is 0 Å². The van der Waals surface area contributed by atoms with E-state index in [-0.39, 0.29) is 6.04 Å². The van der Waals surface area contributed by atoms with Gasteiger partial charge in [-0.25, -0.2) is 14.8 Å². The second kappa shape index (κ2) is 29.5. The van der Waals surface area contributed by atoms with Crippen molar-refractivity contribution in [3.05, 3.63) is 95.3 Å². The molecule has 3 amide bonds. The third-order valence-electron chi connectivity index (χ3n) is 11.5. The number of aromatic nitrogens is 2. The first-order valence-corrected chi connectivity index (χ1v) is 23.4. The Labute approximate surface area is 408 Å². The maximum absolute atomic E-state index is 13.2. The van der Waals surface area contributed by atoms with E-state index in [4.69, 9.17) is 27.4 Å². The minimum Gasteiger partial charge on any atom is -0.492 e. The van der Waals surface area contributed by atoms with Crippen LogP contribution >= 0.6 is 0 Å². The number of nitrogens with zero attached hydrogens (tertiary/aromatic N) is 5. The lowest BCUT2D eigenvalue weighted by Crippen LogP contribution is -2.46. The van der Waals surface area contributed by atoms with Crippen molar-refractivity contribution in [2.75, 3.05) is 96.8 Å². The number of nitrogens with two attached hydrogens (primary N) is 2. The van der Waals surface area contributed by atoms with Crippen LogP contribution in [0.2, 0.25) is 0 Å². The molecular formula is C51H75FN10O7. The maximum Gasteiger partial charge on any atom is 0.394 e. The highest BCUT2D eigenvalue weighted by Gasteiger charge is 2.34. The van der Waals surface area contributed by atoms with E-state index in [0.29, 0.717) is 61.0 Å². The average Bonchev–Trinajstić information content (AvgIpc) is 3.33. The van der Waals surface area contributed by atoms with Crippen molar-refractivity contribution < 1.29 is 39.5 Å². The molecule has 0 spiro atoms. The van der Waals surface area contributed by atoms with Gasteiger partial charge in [0.15, 0.2) is 0 Å². The first kappa shape index (κ1) is 55.2. The zero-order chi connectivity index (χ0) is 51.8. The van der Waals surface area contributed by atoms with E-state index in [2.05, 4.69) is 81.9 Å². The summed E-state index contributed by atoms with van der Waals surface area (Å²) in [6, 6.07) is 20.0. The standard InChI is InChI=1S/C25H35N5O3.C16H26N2O.C9H11N3O3.CH3F/c1-5-18-13-20(15-27-23(18)26)28-24(31)25(32)30-16-17(2)9-10-22(30)19-7-6-8-21(14-19)33-12-11-29(3)4;1-13-7-8-16(17-12-13)14-5-4-6-15(11-14)19-10-9-18(2)3;1-2-5-3-6(4-11-7(5)10)12-8(13)9(14)15;1-2/h6-8,13-15,17,22H,5,9-12,16H2,1-4H3,(H2,26,27)(H,28,31);4-6,11,13,16-17H,7-10,12H2,1-3H3;3-4H,2H2,1H3,(H2,10,11)(H,12,13)(H,14,15);1H3/t17-,22+;13-,16?;;/m00../s1/i;;;1D. The zero-order valence-corrected chi connectivity index (χ0v) is 41.6. The number of anilines is 4. The van der Waals surface area contributed by atoms with Crippen LogP contribution in [0.15, 0.2) is 73.1 Å². The SMILES string of the molecule is CCc1cc(NC(=O)C(=O)N2C[C@@H](C)CC[C@@H]2c2cccc(OCCN(C)C)c2)cnc1N.CCc1cc(NC(=O)C(=O)O)cnc1N.C[C@H]1CCC(c2cccc(OCCN(C)C)c2)NC1.[2H]CF. The number of carboxylic acid groups (broad SMARTS) is 1. The van der Waals surface area contributed by atoms with E-state index in [0.717, 1.165) is 73.2 Å². The van der Waals surface area contributed by atoms with Gasteiger partial charge in [-0.3, -0.25) is 18.8 Å². The van der Waals surface area contributed by atoms with Gasteiger partial charge in [0, 0.05) is 25.7 Å². The van der Waals surface area contributed by atoms with Crippen LogP contribution in [0.5, 0.6) is 11.5 Å². The van der Waals surface area contributed by atoms with Gasteiger partial charge in [0.1, 0.15) is 36.3 Å². The van der Waals surface area contributed by atoms with Crippen molar-refractivity contribution >= 4 is 46.7 Å². The summed E-state index contributed by atoms with van der Waals surface area (Å²) in [4.78, 5) is 61.0. The number of amides is 3. The van der Waals surface area contributed by atoms with Crippen LogP contribution in [0.4, 0.5) is 27.4 Å². The second-order valence-electron chi connectivity index (χ2n) is 17.7. The molecular weight excluding hydrogens is 884 g/mol. The molecule has 17 nitrogen and oxygen atoms in total. The molecule has 2 aliphatic heterocycles. The van der Waals surface area contributed by atoms with E-state index in [1.165, 1.54) is 30.8 Å². The molecule has 2 aliphatic rings. The molecule has 2 aromatic heterocycles. The van der Waals surface area contributed by atoms with E-state index in [1.807, 2.05) is 58.3 Å². The number of rotatable bonds is 14. The number of hydrogen-bond donors (Lipinski definition) is 6. The second-order valence-corrected chi connectivity index (χ2v) is 17.7. The summed E-state index contributed by atoms with van der Waals surface area (Å²) in [6.45, 7) is 13.0. The van der Waals surface area contributed by atoms with Gasteiger partial charge in [-0.2, -0.15) is 0 Å². The Balaban J connectivity index is 0.000000295. The molecule has 4 atom stereocenters. The lowest BCUT2D eigenvalue weighted by Gasteiger charge is -2.38. The van der Waals surface area contributed by atoms with Crippen molar-refractivity contribution in [3.8, 4) is 11.5 Å². The molecule has 6 rings (SSSR count). The number of pyridine rings is 2. The number of nitrogen functional groups attached to an aromatic ring is 2. The molecule has 4 aromatic rings. The van der Waals surface area contributed by atoms with Crippen LogP contribution in [0.25, 0.3) is 0 Å². The Morgan fingerprint density at radius 2 is 1.28 bits per heavy atom. The number of nitrogens with one attached hydrogen (secondary N) is 3. The van der Waals surface area contributed by atoms with Gasteiger partial charge < -0.3 is 56.7 Å². The number of halogens is 1. The molecule has 0 saturated carbocycles. The van der Waals surface area contributed by atoms with E-state index in [9.17, 15) is 23.6 Å². The summed E-state index contributed by atoms with van der Waals surface area (Å²) in [5, 5.41) is 16.9. The van der Waals surface area contributed by atoms with Crippen LogP contribution < -0.4 is 36.9 Å². The minimum absolute atomic E-state index is 0.174. The summed E-state index contributed by atoms with van der Waals surface area (Å²) in [5.41, 5.74) is 16.1. The molecule has 2 saturated heterocycles. The highest BCUT2D eigenvalue weighted by atomic mass is 19.1. The molecule has 0 bridgehead atoms. The molecule has 18 heteroatoms. The van der Waals surface area contributed by atoms with Gasteiger partial charge in [-0.15, -0.1) is 0 Å². The van der Waals surface area contributed by atoms with Crippen LogP contribution in [0, 0.1) is 11.8 Å². The molecule has 69 heavy (non-hydrogen) atoms. The largest absolute Gasteiger partial charge is 0.492 e. The minimum atomic E-state index is -1.54. The first-order valence-electron chi connectivity index (χ1n) is 24.1. The quantitative estimate of drug-likeness (QED) is 0.0730. The number of aliphatic carboxylic acids is 1. The Hall–Kier alpha value is -6.37. The lowest BCUT2D eigenvalue weighted by molar-refractivity contribution is -0.147. The molecule has 0 aliphatic carbocycles. The van der Waals surface area contributed by atoms with E-state index >= 15 is 0 Å². The number of carboxylic acids is 1. The number of alkyl halides is 1. The smallest absolute Gasteiger partial charge is 0.394 e. The Bertz CT molecular complexity index is 2260. The summed E-state index contributed by atoms with van der Waals surface area (Å²) >= 11 is 0. The fraction of sp³-hybridized carbons (Fsp3) is 0.490. The predicted octanol–water partition coefficient (Wildman–Crippen LogP) is 6.63. The number of piperidine rings is 2. The summed E-state index contributed by atoms with van der Waals surface area (Å²) in [6.07, 6.45) is 8.46. The zero-order valence-electron chi connectivity index (χ0n) is 42.6. The number of likely N-dealkylation sites (N-methyl/N-ethyl adjacent to an activating group) is 2. The van der Waals surface area contributed by atoms with Gasteiger partial charge in [0.05, 0.1) is 38.3 Å². The monoisotopic (exact) mass is 960 g/mol. The van der Waals surface area contributed by atoms with Crippen LogP contribution in [0.3, 0.4) is 0 Å². The molecule has 1 unspecified atom stereocenters. The maximum atomic E-state index is 13.2. The topological polar surface area (TPSA) is 231 Å². The van der Waals surface area contributed by atoms with Crippen molar-refractivity contribution in [2.24, 2.45) is 11.8 Å². The first-order chi connectivity index (χ1) is 33.4. The lowest BCUT2D eigenvalue weighted by atomic mass is 9.89. The summed E-state index contributed by atoms with van der Waals surface area (Å²) < 4.78 is 27.2. The molecule has 2 fully saturated rings. The van der Waals surface area contributed by atoms with Gasteiger partial charge in [-0.05, 0) is 144 Å². The number of hydrogen-bond acceptors (Lipinski definition) is 13. The molecule has 4 heterocycles. The fourth-order valence-corrected chi connectivity index (χ4v) is 7.58. The predicted molar refractivity (Wildman–Crippen MR) is 271 cm³/mol. The Kier molecular flexibility index (Phi) is 23.6. The van der Waals surface area contributed by atoms with Gasteiger partial charge in [0.25, 0.3) is 0 Å². The number of ether oxygens (including phenoxy) is 2. The summed E-state index contributed by atoms with van der Waals surface area (Å²) in [5.74, 6) is -0.150. The van der Waals surface area contributed by atoms with Crippen molar-refractivity contribution in [3.63, 3.8) is 0 Å². The number of aryl methyl sites for hydroxylation is 2. The highest BCUT2D eigenvalue weighted by molar-refractivity contribution is 6.39. The molecule has 8 N–H and O–H groups in total. The third kappa shape index (κ3) is 19.3. The van der Waals surface area contributed by atoms with Gasteiger partial charge >= 0.3 is 23.7 Å². The number of carbonyl (C=O) groups excluding carboxylic acids is 3. The molecule has 0 radical (unpaired) electrons. The van der Waals surface area contributed by atoms with Crippen molar-refractivity contribution in [1.82, 2.24) is 30.0 Å². The summed E-state index contributed by atoms with van der Waals surface area (Å²) in [7, 11) is 7.13. The number of likely N-dealkylation sites (tertiary alicyclic amines) is 1. The van der Waals surface area contributed by atoms with Crippen LogP contribution in [0.1, 0.15) is 89.1 Å². The Morgan fingerprint density at radius 1 is 0.783 bits per heavy atom. The normalized spacial score (nSPS) is 17.6. The Morgan fingerprint density at radius 3 is 1.75 bits per heavy atom. The average molecular weight is 960 g/mol. The van der Waals surface area contributed by atoms with Gasteiger partial charge in [-0.1, -0.05) is 52.0 Å². The van der Waals surface area contributed by atoms with E-state index < -0.39 is 30.8 Å². The number of benzene rings is 2. The molecule has 378 valence electrons. The third-order valence-corrected chi connectivity index (χ3v) is 11.5. The van der Waals surface area contributed by atoms with Crippen LogP contribution in [-0.2, 0) is 32.0 Å².